The van der Waals surface area contributed by atoms with Crippen molar-refractivity contribution < 1.29 is 44.4 Å². The van der Waals surface area contributed by atoms with Crippen LogP contribution < -0.4 is 5.32 Å². The number of carbonyl (C=O) groups excluding carboxylic acids is 1. The first-order valence-corrected chi connectivity index (χ1v) is 10.1. The van der Waals surface area contributed by atoms with Gasteiger partial charge >= 0.3 is 23.9 Å². The number of carboxylic acids is 4. The van der Waals surface area contributed by atoms with Crippen molar-refractivity contribution in [3.05, 3.63) is 0 Å². The monoisotopic (exact) mass is 462 g/mol. The molecule has 0 spiro atoms. The number of amides is 1. The van der Waals surface area contributed by atoms with E-state index in [9.17, 15) is 24.0 Å². The Balaban J connectivity index is 5.23. The van der Waals surface area contributed by atoms with Crippen LogP contribution in [-0.2, 0) is 24.0 Å². The van der Waals surface area contributed by atoms with Crippen LogP contribution in [-0.4, -0.2) is 130 Å². The molecule has 0 aliphatic rings. The smallest absolute Gasteiger partial charge is 0.317 e. The fourth-order valence-electron chi connectivity index (χ4n) is 2.70. The highest BCUT2D eigenvalue weighted by molar-refractivity contribution is 5.78. The molecule has 0 saturated heterocycles. The standard InChI is InChI=1S/C19H34N4O9/c1-13(2)14(3)20-15(24)8-21(4-6-22(9-16(25)26)10-17(27)28)5-7-23(11-18(29)30)12-19(31)32/h13-14H,4-12H2,1-3H3,(H,20,24)(H,25,26)(H,27,28)(H,29,30)(H,31,32). The van der Waals surface area contributed by atoms with Gasteiger partial charge in [-0.15, -0.1) is 0 Å². The van der Waals surface area contributed by atoms with E-state index < -0.39 is 50.1 Å². The lowest BCUT2D eigenvalue weighted by atomic mass is 10.1. The summed E-state index contributed by atoms with van der Waals surface area (Å²) in [5.41, 5.74) is 0. The van der Waals surface area contributed by atoms with Gasteiger partial charge in [0.05, 0.1) is 32.7 Å². The zero-order valence-electron chi connectivity index (χ0n) is 18.7. The van der Waals surface area contributed by atoms with E-state index in [2.05, 4.69) is 5.32 Å². The van der Waals surface area contributed by atoms with E-state index in [1.807, 2.05) is 20.8 Å². The summed E-state index contributed by atoms with van der Waals surface area (Å²) in [5.74, 6) is -4.91. The molecule has 1 amide bonds. The number of aliphatic carboxylic acids is 4. The van der Waals surface area contributed by atoms with E-state index in [0.29, 0.717) is 0 Å². The van der Waals surface area contributed by atoms with Gasteiger partial charge in [-0.1, -0.05) is 13.8 Å². The minimum atomic E-state index is -1.20. The van der Waals surface area contributed by atoms with E-state index in [-0.39, 0.29) is 50.6 Å². The summed E-state index contributed by atoms with van der Waals surface area (Å²) in [6, 6.07) is -0.101. The van der Waals surface area contributed by atoms with Crippen molar-refractivity contribution >= 4 is 29.8 Å². The largest absolute Gasteiger partial charge is 0.480 e. The summed E-state index contributed by atoms with van der Waals surface area (Å²) in [6.07, 6.45) is 0. The molecule has 32 heavy (non-hydrogen) atoms. The fourth-order valence-corrected chi connectivity index (χ4v) is 2.70. The molecule has 0 saturated carbocycles. The second-order valence-corrected chi connectivity index (χ2v) is 7.87. The van der Waals surface area contributed by atoms with Crippen LogP contribution in [0.15, 0.2) is 0 Å². The summed E-state index contributed by atoms with van der Waals surface area (Å²) in [5, 5.41) is 38.7. The molecule has 184 valence electrons. The van der Waals surface area contributed by atoms with Gasteiger partial charge in [0.1, 0.15) is 0 Å². The molecule has 1 unspecified atom stereocenters. The molecule has 0 rings (SSSR count). The number of carboxylic acid groups (broad SMARTS) is 4. The zero-order chi connectivity index (χ0) is 24.8. The number of nitrogens with one attached hydrogen (secondary N) is 1. The molecule has 13 nitrogen and oxygen atoms in total. The molecule has 13 heteroatoms. The quantitative estimate of drug-likeness (QED) is 0.157. The lowest BCUT2D eigenvalue weighted by Gasteiger charge is -2.28. The first-order chi connectivity index (χ1) is 14.8. The first-order valence-electron chi connectivity index (χ1n) is 10.1. The predicted octanol–water partition coefficient (Wildman–Crippen LogP) is -1.61. The summed E-state index contributed by atoms with van der Waals surface area (Å²) in [7, 11) is 0. The third kappa shape index (κ3) is 15.1. The highest BCUT2D eigenvalue weighted by Crippen LogP contribution is 2.01. The fraction of sp³-hybridized carbons (Fsp3) is 0.737. The van der Waals surface area contributed by atoms with E-state index >= 15 is 0 Å². The first kappa shape index (κ1) is 29.2. The lowest BCUT2D eigenvalue weighted by Crippen LogP contribution is -2.48. The van der Waals surface area contributed by atoms with Gasteiger partial charge in [-0.2, -0.15) is 0 Å². The van der Waals surface area contributed by atoms with E-state index in [1.54, 1.807) is 4.90 Å². The van der Waals surface area contributed by atoms with Crippen LogP contribution in [0.4, 0.5) is 0 Å². The third-order valence-electron chi connectivity index (χ3n) is 4.66. The topological polar surface area (TPSA) is 188 Å². The Hall–Kier alpha value is -2.77. The number of rotatable bonds is 18. The maximum absolute atomic E-state index is 12.4. The van der Waals surface area contributed by atoms with Gasteiger partial charge in [0.15, 0.2) is 0 Å². The summed E-state index contributed by atoms with van der Waals surface area (Å²) in [4.78, 5) is 60.4. The maximum atomic E-state index is 12.4. The van der Waals surface area contributed by atoms with Crippen molar-refractivity contribution in [3.63, 3.8) is 0 Å². The average Bonchev–Trinajstić information content (AvgIpc) is 2.61. The molecule has 0 aromatic rings. The van der Waals surface area contributed by atoms with Crippen LogP contribution in [0.1, 0.15) is 20.8 Å². The average molecular weight is 463 g/mol. The van der Waals surface area contributed by atoms with Gasteiger partial charge in [-0.3, -0.25) is 38.7 Å². The van der Waals surface area contributed by atoms with Gasteiger partial charge in [-0.05, 0) is 12.8 Å². The van der Waals surface area contributed by atoms with E-state index in [0.717, 1.165) is 0 Å². The molecule has 0 aromatic carbocycles. The van der Waals surface area contributed by atoms with Crippen molar-refractivity contribution in [1.29, 1.82) is 0 Å². The summed E-state index contributed by atoms with van der Waals surface area (Å²) >= 11 is 0. The maximum Gasteiger partial charge on any atom is 0.317 e. The summed E-state index contributed by atoms with van der Waals surface area (Å²) < 4.78 is 0. The highest BCUT2D eigenvalue weighted by atomic mass is 16.4. The minimum Gasteiger partial charge on any atom is -0.480 e. The molecule has 1 atom stereocenters. The van der Waals surface area contributed by atoms with Crippen LogP contribution in [0.3, 0.4) is 0 Å². The molecule has 0 bridgehead atoms. The van der Waals surface area contributed by atoms with Crippen LogP contribution in [0.25, 0.3) is 0 Å². The molecule has 0 fully saturated rings. The normalized spacial score (nSPS) is 12.3. The van der Waals surface area contributed by atoms with Crippen molar-refractivity contribution in [2.45, 2.75) is 26.8 Å². The second kappa shape index (κ2) is 15.1. The van der Waals surface area contributed by atoms with E-state index in [1.165, 1.54) is 9.80 Å². The number of carbonyl (C=O) groups is 5. The van der Waals surface area contributed by atoms with Crippen LogP contribution in [0, 0.1) is 5.92 Å². The Labute approximate surface area is 186 Å². The molecular weight excluding hydrogens is 428 g/mol. The SMILES string of the molecule is CC(C)C(C)NC(=O)CN(CCN(CC(=O)O)CC(=O)O)CCN(CC(=O)O)CC(=O)O. The van der Waals surface area contributed by atoms with Crippen molar-refractivity contribution in [2.75, 3.05) is 58.9 Å². The Morgan fingerprint density at radius 2 is 0.906 bits per heavy atom. The van der Waals surface area contributed by atoms with Gasteiger partial charge in [-0.25, -0.2) is 0 Å². The lowest BCUT2D eigenvalue weighted by molar-refractivity contribution is -0.143. The van der Waals surface area contributed by atoms with Gasteiger partial charge in [0.2, 0.25) is 5.91 Å². The number of hydrogen-bond acceptors (Lipinski definition) is 8. The van der Waals surface area contributed by atoms with Crippen LogP contribution >= 0.6 is 0 Å². The molecule has 0 aliphatic heterocycles. The Morgan fingerprint density at radius 1 is 0.594 bits per heavy atom. The molecule has 0 heterocycles. The minimum absolute atomic E-state index is 0.0312. The molecule has 0 aromatic heterocycles. The zero-order valence-corrected chi connectivity index (χ0v) is 18.7. The van der Waals surface area contributed by atoms with Crippen LogP contribution in [0.2, 0.25) is 0 Å². The Bertz CT molecular complexity index is 585. The molecular formula is C19H34N4O9. The van der Waals surface area contributed by atoms with Crippen molar-refractivity contribution in [1.82, 2.24) is 20.0 Å². The molecule has 0 aliphatic carbocycles. The predicted molar refractivity (Wildman–Crippen MR) is 112 cm³/mol. The second-order valence-electron chi connectivity index (χ2n) is 7.87. The Kier molecular flexibility index (Phi) is 13.8. The van der Waals surface area contributed by atoms with Crippen molar-refractivity contribution in [2.24, 2.45) is 5.92 Å². The van der Waals surface area contributed by atoms with Gasteiger partial charge in [0, 0.05) is 32.2 Å². The molecule has 0 radical (unpaired) electrons. The summed E-state index contributed by atoms with van der Waals surface area (Å²) in [6.45, 7) is 3.93. The third-order valence-corrected chi connectivity index (χ3v) is 4.66. The van der Waals surface area contributed by atoms with E-state index in [4.69, 9.17) is 20.4 Å². The number of nitrogens with zero attached hydrogens (tertiary/aromatic N) is 3. The van der Waals surface area contributed by atoms with Gasteiger partial charge in [0.25, 0.3) is 0 Å². The Morgan fingerprint density at radius 3 is 1.19 bits per heavy atom. The number of hydrogen-bond donors (Lipinski definition) is 5. The van der Waals surface area contributed by atoms with Gasteiger partial charge < -0.3 is 25.7 Å². The van der Waals surface area contributed by atoms with Crippen LogP contribution in [0.5, 0.6) is 0 Å². The molecule has 5 N–H and O–H groups in total. The van der Waals surface area contributed by atoms with Crippen molar-refractivity contribution in [3.8, 4) is 0 Å². The highest BCUT2D eigenvalue weighted by Gasteiger charge is 2.20.